The minimum Gasteiger partial charge on any atom is -0.338 e. The molecule has 1 atom stereocenters. The highest BCUT2D eigenvalue weighted by atomic mass is 32.2. The third-order valence-electron chi connectivity index (χ3n) is 4.90. The van der Waals surface area contributed by atoms with Gasteiger partial charge in [-0.3, -0.25) is 4.79 Å². The molecule has 2 heterocycles. The summed E-state index contributed by atoms with van der Waals surface area (Å²) in [4.78, 5) is 19.7. The lowest BCUT2D eigenvalue weighted by Gasteiger charge is -2.32. The van der Waals surface area contributed by atoms with Crippen LogP contribution in [-0.4, -0.2) is 43.6 Å². The fourth-order valence-electron chi connectivity index (χ4n) is 3.46. The molecule has 3 aromatic rings. The average Bonchev–Trinajstić information content (AvgIpc) is 3.11. The third kappa shape index (κ3) is 3.75. The molecule has 7 heteroatoms. The standard InChI is InChI=1S/C20H20N2O3S2/c1-27(24,25)16-10-8-14(9-11-16)20(23)22-12-4-5-15(13-22)19-21-17-6-2-3-7-18(17)26-19/h2-3,6-11,15H,4-5,12-13H2,1H3. The minimum absolute atomic E-state index is 0.0548. The number of carbonyl (C=O) groups excluding carboxylic acids is 1. The highest BCUT2D eigenvalue weighted by Crippen LogP contribution is 2.33. The molecule has 0 spiro atoms. The first-order valence-corrected chi connectivity index (χ1v) is 11.6. The predicted molar refractivity (Wildman–Crippen MR) is 107 cm³/mol. The summed E-state index contributed by atoms with van der Waals surface area (Å²) in [6.07, 6.45) is 3.13. The molecule has 1 aliphatic heterocycles. The van der Waals surface area contributed by atoms with Crippen LogP contribution in [0.3, 0.4) is 0 Å². The van der Waals surface area contributed by atoms with Crippen LogP contribution >= 0.6 is 11.3 Å². The minimum atomic E-state index is -3.26. The summed E-state index contributed by atoms with van der Waals surface area (Å²) in [5, 5.41) is 1.08. The molecule has 27 heavy (non-hydrogen) atoms. The number of nitrogens with zero attached hydrogens (tertiary/aromatic N) is 2. The van der Waals surface area contributed by atoms with Gasteiger partial charge in [-0.05, 0) is 49.2 Å². The van der Waals surface area contributed by atoms with E-state index >= 15 is 0 Å². The zero-order valence-corrected chi connectivity index (χ0v) is 16.6. The van der Waals surface area contributed by atoms with E-state index < -0.39 is 9.84 Å². The van der Waals surface area contributed by atoms with E-state index in [-0.39, 0.29) is 16.7 Å². The number of amides is 1. The maximum absolute atomic E-state index is 12.9. The van der Waals surface area contributed by atoms with E-state index in [1.807, 2.05) is 23.1 Å². The van der Waals surface area contributed by atoms with Gasteiger partial charge < -0.3 is 4.90 Å². The number of fused-ring (bicyclic) bond motifs is 1. The molecule has 1 saturated heterocycles. The maximum Gasteiger partial charge on any atom is 0.253 e. The van der Waals surface area contributed by atoms with Crippen LogP contribution in [0.5, 0.6) is 0 Å². The monoisotopic (exact) mass is 400 g/mol. The molecular weight excluding hydrogens is 380 g/mol. The first-order chi connectivity index (χ1) is 12.9. The summed E-state index contributed by atoms with van der Waals surface area (Å²) in [5.41, 5.74) is 1.53. The molecule has 0 saturated carbocycles. The van der Waals surface area contributed by atoms with E-state index in [1.165, 1.54) is 16.8 Å². The molecule has 1 fully saturated rings. The zero-order chi connectivity index (χ0) is 19.0. The Hall–Kier alpha value is -2.25. The van der Waals surface area contributed by atoms with Gasteiger partial charge in [0.05, 0.1) is 20.1 Å². The van der Waals surface area contributed by atoms with E-state index in [9.17, 15) is 13.2 Å². The average molecular weight is 401 g/mol. The van der Waals surface area contributed by atoms with E-state index in [2.05, 4.69) is 6.07 Å². The zero-order valence-electron chi connectivity index (χ0n) is 15.0. The van der Waals surface area contributed by atoms with E-state index in [1.54, 1.807) is 23.5 Å². The summed E-state index contributed by atoms with van der Waals surface area (Å²) in [6.45, 7) is 1.36. The normalized spacial score (nSPS) is 18.0. The van der Waals surface area contributed by atoms with Crippen molar-refractivity contribution in [3.63, 3.8) is 0 Å². The summed E-state index contributed by atoms with van der Waals surface area (Å²) < 4.78 is 24.4. The van der Waals surface area contributed by atoms with Gasteiger partial charge in [0.15, 0.2) is 9.84 Å². The Labute approximate surface area is 162 Å². The molecule has 1 unspecified atom stereocenters. The number of aromatic nitrogens is 1. The largest absolute Gasteiger partial charge is 0.338 e. The molecule has 2 aromatic carbocycles. The molecule has 0 radical (unpaired) electrons. The van der Waals surface area contributed by atoms with E-state index in [0.717, 1.165) is 29.6 Å². The van der Waals surface area contributed by atoms with Gasteiger partial charge in [0.1, 0.15) is 0 Å². The fourth-order valence-corrected chi connectivity index (χ4v) is 5.18. The molecule has 1 amide bonds. The molecule has 0 bridgehead atoms. The molecule has 140 valence electrons. The SMILES string of the molecule is CS(=O)(=O)c1ccc(C(=O)N2CCCC(c3nc4ccccc4s3)C2)cc1. The Bertz CT molecular complexity index is 1050. The van der Waals surface area contributed by atoms with E-state index in [4.69, 9.17) is 4.98 Å². The number of sulfone groups is 1. The highest BCUT2D eigenvalue weighted by molar-refractivity contribution is 7.90. The first-order valence-electron chi connectivity index (χ1n) is 8.87. The van der Waals surface area contributed by atoms with Gasteiger partial charge in [-0.1, -0.05) is 12.1 Å². The number of benzene rings is 2. The van der Waals surface area contributed by atoms with Crippen LogP contribution in [0.1, 0.15) is 34.1 Å². The number of carbonyl (C=O) groups is 1. The van der Waals surface area contributed by atoms with E-state index in [0.29, 0.717) is 18.7 Å². The van der Waals surface area contributed by atoms with Crippen LogP contribution in [0.4, 0.5) is 0 Å². The summed E-state index contributed by atoms with van der Waals surface area (Å²) >= 11 is 1.70. The van der Waals surface area contributed by atoms with Crippen molar-refractivity contribution in [1.29, 1.82) is 0 Å². The Kier molecular flexibility index (Phi) is 4.74. The fraction of sp³-hybridized carbons (Fsp3) is 0.300. The first kappa shape index (κ1) is 18.1. The van der Waals surface area contributed by atoms with Crippen molar-refractivity contribution >= 4 is 37.3 Å². The lowest BCUT2D eigenvalue weighted by molar-refractivity contribution is 0.0707. The lowest BCUT2D eigenvalue weighted by Crippen LogP contribution is -2.39. The molecule has 1 aliphatic rings. The van der Waals surface area contributed by atoms with Crippen molar-refractivity contribution in [2.75, 3.05) is 19.3 Å². The Morgan fingerprint density at radius 3 is 2.59 bits per heavy atom. The lowest BCUT2D eigenvalue weighted by atomic mass is 9.98. The van der Waals surface area contributed by atoms with Gasteiger partial charge in [-0.15, -0.1) is 11.3 Å². The Morgan fingerprint density at radius 2 is 1.89 bits per heavy atom. The number of hydrogen-bond acceptors (Lipinski definition) is 5. The second-order valence-corrected chi connectivity index (χ2v) is 9.98. The molecule has 1 aromatic heterocycles. The molecule has 0 N–H and O–H groups in total. The smallest absolute Gasteiger partial charge is 0.253 e. The number of rotatable bonds is 3. The van der Waals surface area contributed by atoms with Gasteiger partial charge >= 0.3 is 0 Å². The van der Waals surface area contributed by atoms with Crippen molar-refractivity contribution < 1.29 is 13.2 Å². The van der Waals surface area contributed by atoms with Crippen LogP contribution in [0.15, 0.2) is 53.4 Å². The predicted octanol–water partition coefficient (Wildman–Crippen LogP) is 3.72. The number of likely N-dealkylation sites (tertiary alicyclic amines) is 1. The quantitative estimate of drug-likeness (QED) is 0.672. The van der Waals surface area contributed by atoms with Gasteiger partial charge in [-0.2, -0.15) is 0 Å². The molecule has 0 aliphatic carbocycles. The van der Waals surface area contributed by atoms with Crippen LogP contribution in [0.25, 0.3) is 10.2 Å². The third-order valence-corrected chi connectivity index (χ3v) is 7.23. The van der Waals surface area contributed by atoms with Gasteiger partial charge in [0, 0.05) is 30.8 Å². The number of hydrogen-bond donors (Lipinski definition) is 0. The summed E-state index contributed by atoms with van der Waals surface area (Å²) in [7, 11) is -3.26. The summed E-state index contributed by atoms with van der Waals surface area (Å²) in [5.74, 6) is 0.191. The second-order valence-electron chi connectivity index (χ2n) is 6.91. The molecule has 4 rings (SSSR count). The number of thiazole rings is 1. The van der Waals surface area contributed by atoms with Crippen molar-refractivity contribution in [3.8, 4) is 0 Å². The molecule has 5 nitrogen and oxygen atoms in total. The van der Waals surface area contributed by atoms with Crippen LogP contribution in [0.2, 0.25) is 0 Å². The topological polar surface area (TPSA) is 67.3 Å². The van der Waals surface area contributed by atoms with Crippen LogP contribution in [-0.2, 0) is 9.84 Å². The second kappa shape index (κ2) is 7.05. The Balaban J connectivity index is 1.53. The van der Waals surface area contributed by atoms with Crippen molar-refractivity contribution in [2.45, 2.75) is 23.7 Å². The highest BCUT2D eigenvalue weighted by Gasteiger charge is 2.27. The van der Waals surface area contributed by atoms with Gasteiger partial charge in [0.25, 0.3) is 5.91 Å². The molecular formula is C20H20N2O3S2. The number of piperidine rings is 1. The number of para-hydroxylation sites is 1. The van der Waals surface area contributed by atoms with Gasteiger partial charge in [-0.25, -0.2) is 13.4 Å². The van der Waals surface area contributed by atoms with Crippen LogP contribution < -0.4 is 0 Å². The Morgan fingerprint density at radius 1 is 1.15 bits per heavy atom. The van der Waals surface area contributed by atoms with Crippen molar-refractivity contribution in [2.24, 2.45) is 0 Å². The van der Waals surface area contributed by atoms with Crippen molar-refractivity contribution in [1.82, 2.24) is 9.88 Å². The summed E-state index contributed by atoms with van der Waals surface area (Å²) in [6, 6.07) is 14.3. The van der Waals surface area contributed by atoms with Crippen molar-refractivity contribution in [3.05, 3.63) is 59.1 Å². The maximum atomic E-state index is 12.9. The van der Waals surface area contributed by atoms with Gasteiger partial charge in [0.2, 0.25) is 0 Å². The van der Waals surface area contributed by atoms with Crippen LogP contribution in [0, 0.1) is 0 Å².